The number of hydrogen-bond acceptors (Lipinski definition) is 2. The number of nitrogens with zero attached hydrogens (tertiary/aromatic N) is 1. The van der Waals surface area contributed by atoms with Crippen LogP contribution in [0.2, 0.25) is 0 Å². The molecular weight excluding hydrogens is 264 g/mol. The fraction of sp³-hybridized carbons (Fsp3) is 0.412. The van der Waals surface area contributed by atoms with Crippen LogP contribution in [0.3, 0.4) is 0 Å². The van der Waals surface area contributed by atoms with Crippen molar-refractivity contribution in [3.05, 3.63) is 42.0 Å². The largest absolute Gasteiger partial charge is 0.329 e. The van der Waals surface area contributed by atoms with Crippen molar-refractivity contribution in [3.63, 3.8) is 0 Å². The highest BCUT2D eigenvalue weighted by atomic mass is 16.2. The Morgan fingerprint density at radius 2 is 2.10 bits per heavy atom. The maximum absolute atomic E-state index is 12.2. The van der Waals surface area contributed by atoms with Gasteiger partial charge in [-0.15, -0.1) is 0 Å². The highest BCUT2D eigenvalue weighted by Gasteiger charge is 2.31. The van der Waals surface area contributed by atoms with E-state index in [0.717, 1.165) is 23.1 Å². The topological polar surface area (TPSA) is 49.4 Å². The van der Waals surface area contributed by atoms with Gasteiger partial charge < -0.3 is 5.32 Å². The van der Waals surface area contributed by atoms with E-state index in [-0.39, 0.29) is 11.9 Å². The van der Waals surface area contributed by atoms with Crippen molar-refractivity contribution >= 4 is 17.5 Å². The molecule has 1 aliphatic heterocycles. The van der Waals surface area contributed by atoms with Crippen LogP contribution >= 0.6 is 0 Å². The van der Waals surface area contributed by atoms with Crippen LogP contribution in [-0.4, -0.2) is 23.4 Å². The molecule has 1 fully saturated rings. The van der Waals surface area contributed by atoms with E-state index in [4.69, 9.17) is 0 Å². The van der Waals surface area contributed by atoms with Gasteiger partial charge in [0, 0.05) is 13.0 Å². The van der Waals surface area contributed by atoms with Gasteiger partial charge in [-0.25, -0.2) is 4.79 Å². The molecule has 0 atom stereocenters. The van der Waals surface area contributed by atoms with Gasteiger partial charge in [-0.1, -0.05) is 30.4 Å². The third kappa shape index (κ3) is 3.32. The number of nitrogens with one attached hydrogen (secondary N) is 1. The standard InChI is InChI=1S/C17H22N2O2/c1-12(2)13-7-5-8-14(11-13)17(3,4)18-16(21)19-10-6-9-15(19)20/h5,7-8,11H,1,6,9-10H2,2-4H3,(H,18,21). The average molecular weight is 286 g/mol. The molecule has 2 rings (SSSR count). The maximum atomic E-state index is 12.2. The minimum Gasteiger partial charge on any atom is -0.329 e. The summed E-state index contributed by atoms with van der Waals surface area (Å²) in [6.45, 7) is 10.3. The number of imide groups is 1. The summed E-state index contributed by atoms with van der Waals surface area (Å²) in [6.07, 6.45) is 1.21. The Kier molecular flexibility index (Phi) is 4.16. The number of urea groups is 1. The van der Waals surface area contributed by atoms with Crippen molar-refractivity contribution in [3.8, 4) is 0 Å². The van der Waals surface area contributed by atoms with Crippen molar-refractivity contribution in [1.82, 2.24) is 10.2 Å². The van der Waals surface area contributed by atoms with Crippen LogP contribution in [0.15, 0.2) is 30.8 Å². The van der Waals surface area contributed by atoms with Crippen LogP contribution in [-0.2, 0) is 10.3 Å². The molecule has 0 saturated carbocycles. The fourth-order valence-corrected chi connectivity index (χ4v) is 2.44. The van der Waals surface area contributed by atoms with E-state index in [1.165, 1.54) is 4.90 Å². The van der Waals surface area contributed by atoms with Crippen molar-refractivity contribution in [2.75, 3.05) is 6.54 Å². The predicted molar refractivity (Wildman–Crippen MR) is 83.7 cm³/mol. The number of hydrogen-bond donors (Lipinski definition) is 1. The zero-order valence-corrected chi connectivity index (χ0v) is 12.9. The second-order valence-electron chi connectivity index (χ2n) is 6.07. The maximum Gasteiger partial charge on any atom is 0.324 e. The Bertz CT molecular complexity index is 590. The Balaban J connectivity index is 2.17. The summed E-state index contributed by atoms with van der Waals surface area (Å²) >= 11 is 0. The molecule has 0 aliphatic carbocycles. The Morgan fingerprint density at radius 3 is 2.67 bits per heavy atom. The van der Waals surface area contributed by atoms with E-state index in [1.54, 1.807) is 0 Å². The molecule has 1 aliphatic rings. The van der Waals surface area contributed by atoms with Crippen LogP contribution in [0.4, 0.5) is 4.79 Å². The van der Waals surface area contributed by atoms with Crippen molar-refractivity contribution in [2.45, 2.75) is 39.2 Å². The normalized spacial score (nSPS) is 15.2. The van der Waals surface area contributed by atoms with Crippen LogP contribution in [0, 0.1) is 0 Å². The van der Waals surface area contributed by atoms with Gasteiger partial charge in [-0.3, -0.25) is 9.69 Å². The van der Waals surface area contributed by atoms with E-state index >= 15 is 0 Å². The number of allylic oxidation sites excluding steroid dienone is 1. The molecule has 1 saturated heterocycles. The third-order valence-corrected chi connectivity index (χ3v) is 3.82. The molecule has 4 heteroatoms. The predicted octanol–water partition coefficient (Wildman–Crippen LogP) is 3.29. The van der Waals surface area contributed by atoms with Gasteiger partial charge >= 0.3 is 6.03 Å². The first-order valence-corrected chi connectivity index (χ1v) is 7.20. The molecule has 21 heavy (non-hydrogen) atoms. The monoisotopic (exact) mass is 286 g/mol. The molecule has 0 radical (unpaired) electrons. The lowest BCUT2D eigenvalue weighted by Crippen LogP contribution is -2.48. The number of likely N-dealkylation sites (tertiary alicyclic amines) is 1. The first-order valence-electron chi connectivity index (χ1n) is 7.20. The van der Waals surface area contributed by atoms with Crippen LogP contribution < -0.4 is 5.32 Å². The second kappa shape index (κ2) is 5.72. The quantitative estimate of drug-likeness (QED) is 0.927. The first kappa shape index (κ1) is 15.3. The van der Waals surface area contributed by atoms with E-state index in [0.29, 0.717) is 13.0 Å². The highest BCUT2D eigenvalue weighted by molar-refractivity contribution is 5.96. The molecule has 112 valence electrons. The summed E-state index contributed by atoms with van der Waals surface area (Å²) in [6, 6.07) is 7.62. The number of carbonyl (C=O) groups is 2. The lowest BCUT2D eigenvalue weighted by Gasteiger charge is -2.29. The van der Waals surface area contributed by atoms with Crippen molar-refractivity contribution < 1.29 is 9.59 Å². The molecule has 1 heterocycles. The van der Waals surface area contributed by atoms with Crippen LogP contribution in [0.5, 0.6) is 0 Å². The molecule has 1 N–H and O–H groups in total. The van der Waals surface area contributed by atoms with E-state index in [2.05, 4.69) is 11.9 Å². The molecule has 1 aromatic rings. The second-order valence-corrected chi connectivity index (χ2v) is 6.07. The number of benzene rings is 1. The van der Waals surface area contributed by atoms with E-state index in [9.17, 15) is 9.59 Å². The van der Waals surface area contributed by atoms with Gasteiger partial charge in [-0.2, -0.15) is 0 Å². The number of rotatable bonds is 3. The minimum absolute atomic E-state index is 0.0982. The van der Waals surface area contributed by atoms with Gasteiger partial charge in [0.2, 0.25) is 5.91 Å². The molecule has 1 aromatic carbocycles. The lowest BCUT2D eigenvalue weighted by atomic mass is 9.92. The molecule has 4 nitrogen and oxygen atoms in total. The number of carbonyl (C=O) groups excluding carboxylic acids is 2. The summed E-state index contributed by atoms with van der Waals surface area (Å²) in [5.74, 6) is -0.0982. The van der Waals surface area contributed by atoms with Gasteiger partial charge in [-0.05, 0) is 44.4 Å². The Hall–Kier alpha value is -2.10. The van der Waals surface area contributed by atoms with Crippen LogP contribution in [0.1, 0.15) is 44.7 Å². The molecule has 0 bridgehead atoms. The van der Waals surface area contributed by atoms with Crippen LogP contribution in [0.25, 0.3) is 5.57 Å². The number of amides is 3. The summed E-state index contributed by atoms with van der Waals surface area (Å²) < 4.78 is 0. The van der Waals surface area contributed by atoms with E-state index < -0.39 is 5.54 Å². The summed E-state index contributed by atoms with van der Waals surface area (Å²) in [5.41, 5.74) is 2.47. The van der Waals surface area contributed by atoms with Gasteiger partial charge in [0.05, 0.1) is 5.54 Å². The SMILES string of the molecule is C=C(C)c1cccc(C(C)(C)NC(=O)N2CCCC2=O)c1. The third-order valence-electron chi connectivity index (χ3n) is 3.82. The molecule has 0 aromatic heterocycles. The zero-order chi connectivity index (χ0) is 15.6. The Labute approximate surface area is 125 Å². The highest BCUT2D eigenvalue weighted by Crippen LogP contribution is 2.24. The fourth-order valence-electron chi connectivity index (χ4n) is 2.44. The van der Waals surface area contributed by atoms with E-state index in [1.807, 2.05) is 45.0 Å². The summed E-state index contributed by atoms with van der Waals surface area (Å²) in [5, 5.41) is 2.95. The molecule has 3 amide bonds. The molecule has 0 spiro atoms. The lowest BCUT2D eigenvalue weighted by molar-refractivity contribution is -0.125. The van der Waals surface area contributed by atoms with Crippen molar-refractivity contribution in [1.29, 1.82) is 0 Å². The van der Waals surface area contributed by atoms with Crippen molar-refractivity contribution in [2.24, 2.45) is 0 Å². The first-order chi connectivity index (χ1) is 9.81. The zero-order valence-electron chi connectivity index (χ0n) is 12.9. The summed E-state index contributed by atoms with van der Waals surface area (Å²) in [4.78, 5) is 25.2. The van der Waals surface area contributed by atoms with Gasteiger partial charge in [0.1, 0.15) is 0 Å². The minimum atomic E-state index is -0.550. The van der Waals surface area contributed by atoms with Gasteiger partial charge in [0.15, 0.2) is 0 Å². The molecule has 0 unspecified atom stereocenters. The van der Waals surface area contributed by atoms with Gasteiger partial charge in [0.25, 0.3) is 0 Å². The average Bonchev–Trinajstić information content (AvgIpc) is 2.85. The summed E-state index contributed by atoms with van der Waals surface area (Å²) in [7, 11) is 0. The smallest absolute Gasteiger partial charge is 0.324 e. The Morgan fingerprint density at radius 1 is 1.38 bits per heavy atom. The molecular formula is C17H22N2O2.